The topological polar surface area (TPSA) is 79.5 Å². The Hall–Kier alpha value is -1.46. The summed E-state index contributed by atoms with van der Waals surface area (Å²) in [5.41, 5.74) is 0. The molecular formula is C5H11N3O3. The summed E-state index contributed by atoms with van der Waals surface area (Å²) in [6.07, 6.45) is -0.582. The van der Waals surface area contributed by atoms with Crippen molar-refractivity contribution in [3.05, 3.63) is 0 Å². The molecule has 3 N–H and O–H groups in total. The average Bonchev–Trinajstić information content (AvgIpc) is 2.04. The van der Waals surface area contributed by atoms with E-state index < -0.39 is 12.1 Å². The number of ether oxygens (including phenoxy) is 1. The van der Waals surface area contributed by atoms with Crippen LogP contribution in [0.25, 0.3) is 0 Å². The molecule has 0 aromatic rings. The fourth-order valence-corrected chi connectivity index (χ4v) is 0.328. The summed E-state index contributed by atoms with van der Waals surface area (Å²) in [7, 11) is 2.90. The molecular weight excluding hydrogens is 150 g/mol. The molecule has 6 heteroatoms. The van der Waals surface area contributed by atoms with Crippen molar-refractivity contribution in [2.45, 2.75) is 0 Å². The number of carbonyl (C=O) groups is 2. The molecule has 64 valence electrons. The largest absolute Gasteiger partial charge is 0.428 e. The number of hydrogen-bond acceptors (Lipinski definition) is 3. The first kappa shape index (κ1) is 9.54. The number of hydrogen-bond donors (Lipinski definition) is 3. The van der Waals surface area contributed by atoms with Crippen LogP contribution in [-0.2, 0) is 4.74 Å². The van der Waals surface area contributed by atoms with Gasteiger partial charge < -0.3 is 20.7 Å². The molecule has 11 heavy (non-hydrogen) atoms. The molecule has 0 heterocycles. The van der Waals surface area contributed by atoms with Gasteiger partial charge in [-0.25, -0.2) is 9.59 Å². The monoisotopic (exact) mass is 161 g/mol. The van der Waals surface area contributed by atoms with Gasteiger partial charge in [-0.2, -0.15) is 0 Å². The van der Waals surface area contributed by atoms with Crippen molar-refractivity contribution in [2.24, 2.45) is 0 Å². The van der Waals surface area contributed by atoms with Gasteiger partial charge in [0.15, 0.2) is 6.73 Å². The molecule has 0 saturated carbocycles. The Labute approximate surface area is 64.3 Å². The molecule has 0 bridgehead atoms. The summed E-state index contributed by atoms with van der Waals surface area (Å²) in [6.45, 7) is -0.140. The first-order valence-electron chi connectivity index (χ1n) is 3.00. The lowest BCUT2D eigenvalue weighted by Gasteiger charge is -2.04. The van der Waals surface area contributed by atoms with Crippen molar-refractivity contribution in [1.29, 1.82) is 0 Å². The fraction of sp³-hybridized carbons (Fsp3) is 0.600. The van der Waals surface area contributed by atoms with Crippen LogP contribution in [0.1, 0.15) is 0 Å². The van der Waals surface area contributed by atoms with Gasteiger partial charge in [0.05, 0.1) is 0 Å². The third kappa shape index (κ3) is 5.01. The van der Waals surface area contributed by atoms with Gasteiger partial charge in [0.1, 0.15) is 0 Å². The molecule has 0 aliphatic rings. The number of carbonyl (C=O) groups excluding carboxylic acids is 2. The lowest BCUT2D eigenvalue weighted by molar-refractivity contribution is 0.141. The molecule has 0 radical (unpaired) electrons. The van der Waals surface area contributed by atoms with Crippen LogP contribution in [0.4, 0.5) is 9.59 Å². The molecule has 3 amide bonds. The van der Waals surface area contributed by atoms with Gasteiger partial charge >= 0.3 is 12.1 Å². The predicted molar refractivity (Wildman–Crippen MR) is 38.0 cm³/mol. The smallest absolute Gasteiger partial charge is 0.408 e. The highest BCUT2D eigenvalue weighted by Crippen LogP contribution is 1.71. The number of amides is 3. The van der Waals surface area contributed by atoms with E-state index in [-0.39, 0.29) is 6.73 Å². The van der Waals surface area contributed by atoms with E-state index in [0.29, 0.717) is 0 Å². The Kier molecular flexibility index (Phi) is 4.63. The van der Waals surface area contributed by atoms with E-state index in [0.717, 1.165) is 0 Å². The van der Waals surface area contributed by atoms with Crippen LogP contribution >= 0.6 is 0 Å². The van der Waals surface area contributed by atoms with Crippen LogP contribution < -0.4 is 16.0 Å². The fourth-order valence-electron chi connectivity index (χ4n) is 0.328. The minimum absolute atomic E-state index is 0.140. The first-order valence-corrected chi connectivity index (χ1v) is 3.00. The quantitative estimate of drug-likeness (QED) is 0.465. The molecule has 0 aliphatic heterocycles. The number of nitrogens with one attached hydrogen (secondary N) is 3. The molecule has 0 unspecified atom stereocenters. The summed E-state index contributed by atoms with van der Waals surface area (Å²) >= 11 is 0. The van der Waals surface area contributed by atoms with Crippen molar-refractivity contribution in [2.75, 3.05) is 20.8 Å². The Morgan fingerprint density at radius 1 is 1.27 bits per heavy atom. The summed E-state index contributed by atoms with van der Waals surface area (Å²) in [4.78, 5) is 20.8. The van der Waals surface area contributed by atoms with Gasteiger partial charge in [0.2, 0.25) is 0 Å². The van der Waals surface area contributed by atoms with E-state index in [1.54, 1.807) is 0 Å². The van der Waals surface area contributed by atoms with E-state index in [1.807, 2.05) is 0 Å². The Balaban J connectivity index is 3.27. The maximum Gasteiger partial charge on any atom is 0.408 e. The number of alkyl carbamates (subject to hydrolysis) is 1. The maximum atomic E-state index is 10.4. The normalized spacial score (nSPS) is 8.18. The van der Waals surface area contributed by atoms with Crippen LogP contribution in [0.3, 0.4) is 0 Å². The summed E-state index contributed by atoms with van der Waals surface area (Å²) in [6, 6.07) is -0.395. The zero-order valence-electron chi connectivity index (χ0n) is 6.43. The van der Waals surface area contributed by atoms with Gasteiger partial charge in [-0.3, -0.25) is 0 Å². The lowest BCUT2D eigenvalue weighted by atomic mass is 10.9. The standard InChI is InChI=1S/C5H11N3O3/c1-6-4(9)8-3-11-5(10)7-2/h3H2,1-2H3,(H,7,10)(H2,6,8,9). The lowest BCUT2D eigenvalue weighted by Crippen LogP contribution is -2.36. The second-order valence-electron chi connectivity index (χ2n) is 1.58. The van der Waals surface area contributed by atoms with Crippen molar-refractivity contribution >= 4 is 12.1 Å². The van der Waals surface area contributed by atoms with E-state index in [1.165, 1.54) is 14.1 Å². The average molecular weight is 161 g/mol. The number of rotatable bonds is 2. The molecule has 6 nitrogen and oxygen atoms in total. The summed E-state index contributed by atoms with van der Waals surface area (Å²) in [5.74, 6) is 0. The highest BCUT2D eigenvalue weighted by molar-refractivity contribution is 5.73. The summed E-state index contributed by atoms with van der Waals surface area (Å²) < 4.78 is 4.44. The Bertz CT molecular complexity index is 132. The minimum atomic E-state index is -0.582. The van der Waals surface area contributed by atoms with Crippen LogP contribution in [0, 0.1) is 0 Å². The third-order valence-corrected chi connectivity index (χ3v) is 0.867. The summed E-state index contributed by atoms with van der Waals surface area (Å²) in [5, 5.41) is 6.78. The minimum Gasteiger partial charge on any atom is -0.428 e. The van der Waals surface area contributed by atoms with Crippen LogP contribution in [-0.4, -0.2) is 33.0 Å². The molecule has 0 aromatic heterocycles. The van der Waals surface area contributed by atoms with Crippen molar-refractivity contribution < 1.29 is 14.3 Å². The molecule has 0 atom stereocenters. The van der Waals surface area contributed by atoms with Crippen molar-refractivity contribution in [3.8, 4) is 0 Å². The van der Waals surface area contributed by atoms with Gasteiger partial charge in [-0.15, -0.1) is 0 Å². The maximum absolute atomic E-state index is 10.4. The molecule has 0 aliphatic carbocycles. The molecule has 0 spiro atoms. The van der Waals surface area contributed by atoms with E-state index in [4.69, 9.17) is 0 Å². The zero-order valence-corrected chi connectivity index (χ0v) is 6.43. The molecule has 0 saturated heterocycles. The predicted octanol–water partition coefficient (Wildman–Crippen LogP) is -0.771. The second kappa shape index (κ2) is 5.33. The third-order valence-electron chi connectivity index (χ3n) is 0.867. The molecule has 0 aromatic carbocycles. The highest BCUT2D eigenvalue weighted by atomic mass is 16.6. The van der Waals surface area contributed by atoms with Crippen molar-refractivity contribution in [3.63, 3.8) is 0 Å². The highest BCUT2D eigenvalue weighted by Gasteiger charge is 1.97. The molecule has 0 fully saturated rings. The van der Waals surface area contributed by atoms with Crippen molar-refractivity contribution in [1.82, 2.24) is 16.0 Å². The zero-order chi connectivity index (χ0) is 8.69. The van der Waals surface area contributed by atoms with Gasteiger partial charge in [0, 0.05) is 14.1 Å². The number of urea groups is 1. The van der Waals surface area contributed by atoms with Gasteiger partial charge in [-0.05, 0) is 0 Å². The Morgan fingerprint density at radius 3 is 2.36 bits per heavy atom. The second-order valence-corrected chi connectivity index (χ2v) is 1.58. The van der Waals surface area contributed by atoms with E-state index >= 15 is 0 Å². The van der Waals surface area contributed by atoms with Crippen LogP contribution in [0.5, 0.6) is 0 Å². The van der Waals surface area contributed by atoms with Gasteiger partial charge in [-0.1, -0.05) is 0 Å². The molecule has 0 rings (SSSR count). The van der Waals surface area contributed by atoms with E-state index in [9.17, 15) is 9.59 Å². The van der Waals surface area contributed by atoms with Crippen LogP contribution in [0.15, 0.2) is 0 Å². The first-order chi connectivity index (χ1) is 5.20. The van der Waals surface area contributed by atoms with Crippen LogP contribution in [0.2, 0.25) is 0 Å². The van der Waals surface area contributed by atoms with Gasteiger partial charge in [0.25, 0.3) is 0 Å². The Morgan fingerprint density at radius 2 is 1.91 bits per heavy atom. The van der Waals surface area contributed by atoms with E-state index in [2.05, 4.69) is 20.7 Å². The SMILES string of the molecule is CNC(=O)NCOC(=O)NC.